The van der Waals surface area contributed by atoms with Crippen molar-refractivity contribution in [3.63, 3.8) is 0 Å². The highest BCUT2D eigenvalue weighted by molar-refractivity contribution is 5.98. The smallest absolute Gasteiger partial charge is 0.155 e. The Labute approximate surface area is 175 Å². The summed E-state index contributed by atoms with van der Waals surface area (Å²) in [7, 11) is 0. The van der Waals surface area contributed by atoms with Crippen LogP contribution in [0.15, 0.2) is 12.2 Å². The molecule has 0 bridgehead atoms. The molecule has 0 spiro atoms. The zero-order valence-electron chi connectivity index (χ0n) is 19.1. The fraction of sp³-hybridized carbons (Fsp3) is 0.846. The van der Waals surface area contributed by atoms with Gasteiger partial charge in [0.05, 0.1) is 0 Å². The second-order valence-corrected chi connectivity index (χ2v) is 8.42. The highest BCUT2D eigenvalue weighted by atomic mass is 16.1. The van der Waals surface area contributed by atoms with Crippen LogP contribution in [0.5, 0.6) is 0 Å². The van der Waals surface area contributed by atoms with Gasteiger partial charge in [0, 0.05) is 12.8 Å². The van der Waals surface area contributed by atoms with Gasteiger partial charge in [-0.3, -0.25) is 9.59 Å². The van der Waals surface area contributed by atoms with Crippen molar-refractivity contribution in [1.29, 1.82) is 0 Å². The van der Waals surface area contributed by atoms with E-state index in [1.165, 1.54) is 102 Å². The molecule has 0 amide bonds. The molecule has 0 saturated carbocycles. The van der Waals surface area contributed by atoms with Gasteiger partial charge in [-0.25, -0.2) is 0 Å². The van der Waals surface area contributed by atoms with E-state index in [4.69, 9.17) is 0 Å². The Morgan fingerprint density at radius 2 is 0.679 bits per heavy atom. The Kier molecular flexibility index (Phi) is 21.6. The van der Waals surface area contributed by atoms with Crippen LogP contribution in [0.4, 0.5) is 0 Å². The Balaban J connectivity index is 3.43. The van der Waals surface area contributed by atoms with Gasteiger partial charge in [-0.1, -0.05) is 117 Å². The Morgan fingerprint density at radius 1 is 0.429 bits per heavy atom. The molecule has 0 fully saturated rings. The van der Waals surface area contributed by atoms with Crippen molar-refractivity contribution in [2.45, 2.75) is 142 Å². The molecular weight excluding hydrogens is 344 g/mol. The van der Waals surface area contributed by atoms with Crippen molar-refractivity contribution in [3.8, 4) is 0 Å². The third-order valence-electron chi connectivity index (χ3n) is 5.51. The van der Waals surface area contributed by atoms with E-state index in [0.29, 0.717) is 12.8 Å². The minimum absolute atomic E-state index is 0.114. The van der Waals surface area contributed by atoms with E-state index in [1.54, 1.807) is 0 Å². The number of rotatable bonds is 22. The maximum absolute atomic E-state index is 11.8. The van der Waals surface area contributed by atoms with Crippen molar-refractivity contribution < 1.29 is 9.59 Å². The van der Waals surface area contributed by atoms with Crippen LogP contribution >= 0.6 is 0 Å². The summed E-state index contributed by atoms with van der Waals surface area (Å²) in [5, 5.41) is 0. The number of carbonyl (C=O) groups excluding carboxylic acids is 2. The normalized spacial score (nSPS) is 11.4. The largest absolute Gasteiger partial charge is 0.295 e. The minimum Gasteiger partial charge on any atom is -0.295 e. The second kappa shape index (κ2) is 22.4. The van der Waals surface area contributed by atoms with Crippen LogP contribution in [0.1, 0.15) is 142 Å². The molecule has 0 atom stereocenters. The average Bonchev–Trinajstić information content (AvgIpc) is 2.69. The Bertz CT molecular complexity index is 348. The third kappa shape index (κ3) is 21.4. The molecule has 0 unspecified atom stereocenters. The lowest BCUT2D eigenvalue weighted by atomic mass is 10.0. The Hall–Kier alpha value is -0.920. The molecule has 0 aromatic carbocycles. The van der Waals surface area contributed by atoms with E-state index in [0.717, 1.165) is 25.7 Å². The summed E-state index contributed by atoms with van der Waals surface area (Å²) in [5.41, 5.74) is 0. The first-order chi connectivity index (χ1) is 13.7. The number of allylic oxidation sites excluding steroid dienone is 2. The molecule has 0 aromatic rings. The number of unbranched alkanes of at least 4 members (excludes halogenated alkanes) is 16. The topological polar surface area (TPSA) is 34.1 Å². The average molecular weight is 393 g/mol. The summed E-state index contributed by atoms with van der Waals surface area (Å²) in [4.78, 5) is 23.7. The predicted octanol–water partition coefficient (Wildman–Crippen LogP) is 8.52. The monoisotopic (exact) mass is 392 g/mol. The summed E-state index contributed by atoms with van der Waals surface area (Å²) in [6.07, 6.45) is 26.9. The van der Waals surface area contributed by atoms with Gasteiger partial charge in [0.2, 0.25) is 0 Å². The van der Waals surface area contributed by atoms with E-state index in [9.17, 15) is 9.59 Å². The van der Waals surface area contributed by atoms with Crippen LogP contribution in [-0.2, 0) is 9.59 Å². The van der Waals surface area contributed by atoms with Crippen molar-refractivity contribution in [2.24, 2.45) is 0 Å². The molecule has 0 heterocycles. The van der Waals surface area contributed by atoms with Crippen LogP contribution in [-0.4, -0.2) is 11.6 Å². The lowest BCUT2D eigenvalue weighted by Crippen LogP contribution is -1.97. The fourth-order valence-electron chi connectivity index (χ4n) is 3.57. The summed E-state index contributed by atoms with van der Waals surface area (Å²) < 4.78 is 0. The SMILES string of the molecule is CCCCCCCCCCCC(=O)C=CC(=O)CCCCCCCCCCC. The molecule has 0 aliphatic heterocycles. The highest BCUT2D eigenvalue weighted by Gasteiger charge is 2.01. The van der Waals surface area contributed by atoms with Gasteiger partial charge in [0.1, 0.15) is 0 Å². The molecule has 28 heavy (non-hydrogen) atoms. The van der Waals surface area contributed by atoms with Crippen LogP contribution in [0.3, 0.4) is 0 Å². The van der Waals surface area contributed by atoms with Crippen LogP contribution in [0, 0.1) is 0 Å². The van der Waals surface area contributed by atoms with Crippen LogP contribution < -0.4 is 0 Å². The molecule has 0 aromatic heterocycles. The van der Waals surface area contributed by atoms with E-state index in [-0.39, 0.29) is 11.6 Å². The maximum atomic E-state index is 11.8. The first-order valence-electron chi connectivity index (χ1n) is 12.4. The standard InChI is InChI=1S/C26H48O2/c1-3-5-7-9-11-13-15-17-19-21-25(27)23-24-26(28)22-20-18-16-14-12-10-8-6-4-2/h23-24H,3-22H2,1-2H3. The summed E-state index contributed by atoms with van der Waals surface area (Å²) in [5.74, 6) is 0.228. The summed E-state index contributed by atoms with van der Waals surface area (Å²) >= 11 is 0. The molecule has 0 aliphatic rings. The van der Waals surface area contributed by atoms with E-state index in [2.05, 4.69) is 13.8 Å². The lowest BCUT2D eigenvalue weighted by Gasteiger charge is -2.01. The summed E-state index contributed by atoms with van der Waals surface area (Å²) in [6.45, 7) is 4.49. The Morgan fingerprint density at radius 3 is 0.964 bits per heavy atom. The number of carbonyl (C=O) groups is 2. The van der Waals surface area contributed by atoms with Crippen molar-refractivity contribution >= 4 is 11.6 Å². The van der Waals surface area contributed by atoms with Gasteiger partial charge in [-0.05, 0) is 25.0 Å². The highest BCUT2D eigenvalue weighted by Crippen LogP contribution is 2.12. The van der Waals surface area contributed by atoms with Gasteiger partial charge < -0.3 is 0 Å². The maximum Gasteiger partial charge on any atom is 0.155 e. The molecule has 0 N–H and O–H groups in total. The fourth-order valence-corrected chi connectivity index (χ4v) is 3.57. The number of hydrogen-bond donors (Lipinski definition) is 0. The van der Waals surface area contributed by atoms with Crippen molar-refractivity contribution in [1.82, 2.24) is 0 Å². The molecule has 164 valence electrons. The zero-order chi connectivity index (χ0) is 20.7. The molecule has 0 aliphatic carbocycles. The van der Waals surface area contributed by atoms with Crippen LogP contribution in [0.2, 0.25) is 0 Å². The molecule has 2 heteroatoms. The van der Waals surface area contributed by atoms with E-state index in [1.807, 2.05) is 0 Å². The van der Waals surface area contributed by atoms with Crippen LogP contribution in [0.25, 0.3) is 0 Å². The lowest BCUT2D eigenvalue weighted by molar-refractivity contribution is -0.116. The number of ketones is 2. The molecule has 0 radical (unpaired) electrons. The van der Waals surface area contributed by atoms with Crippen molar-refractivity contribution in [2.75, 3.05) is 0 Å². The van der Waals surface area contributed by atoms with Crippen molar-refractivity contribution in [3.05, 3.63) is 12.2 Å². The number of hydrogen-bond acceptors (Lipinski definition) is 2. The van der Waals surface area contributed by atoms with Gasteiger partial charge >= 0.3 is 0 Å². The molecule has 0 rings (SSSR count). The van der Waals surface area contributed by atoms with Gasteiger partial charge in [-0.15, -0.1) is 0 Å². The minimum atomic E-state index is 0.114. The zero-order valence-corrected chi connectivity index (χ0v) is 19.1. The first kappa shape index (κ1) is 27.1. The summed E-state index contributed by atoms with van der Waals surface area (Å²) in [6, 6.07) is 0. The first-order valence-corrected chi connectivity index (χ1v) is 12.4. The van der Waals surface area contributed by atoms with Gasteiger partial charge in [0.15, 0.2) is 11.6 Å². The van der Waals surface area contributed by atoms with Gasteiger partial charge in [-0.2, -0.15) is 0 Å². The van der Waals surface area contributed by atoms with E-state index < -0.39 is 0 Å². The van der Waals surface area contributed by atoms with E-state index >= 15 is 0 Å². The molecule has 2 nitrogen and oxygen atoms in total. The second-order valence-electron chi connectivity index (χ2n) is 8.42. The predicted molar refractivity (Wildman–Crippen MR) is 123 cm³/mol. The third-order valence-corrected chi connectivity index (χ3v) is 5.51. The molecular formula is C26H48O2. The van der Waals surface area contributed by atoms with Gasteiger partial charge in [0.25, 0.3) is 0 Å². The molecule has 0 saturated heterocycles. The quantitative estimate of drug-likeness (QED) is 0.137.